The van der Waals surface area contributed by atoms with Gasteiger partial charge in [-0.15, -0.1) is 0 Å². The van der Waals surface area contributed by atoms with Crippen molar-refractivity contribution in [1.82, 2.24) is 14.7 Å². The molecule has 0 aliphatic carbocycles. The number of likely N-dealkylation sites (tertiary alicyclic amines) is 1. The number of nitrogens with zero attached hydrogens (tertiary/aromatic N) is 4. The molecule has 0 saturated carbocycles. The van der Waals surface area contributed by atoms with Gasteiger partial charge in [0.25, 0.3) is 0 Å². The van der Waals surface area contributed by atoms with Gasteiger partial charge in [0.2, 0.25) is 0 Å². The zero-order chi connectivity index (χ0) is 20.6. The van der Waals surface area contributed by atoms with Crippen LogP contribution in [-0.4, -0.2) is 64.8 Å². The Morgan fingerprint density at radius 2 is 1.73 bits per heavy atom. The maximum atomic E-state index is 13.1. The van der Waals surface area contributed by atoms with Crippen LogP contribution in [0.3, 0.4) is 0 Å². The van der Waals surface area contributed by atoms with Crippen LogP contribution in [0.25, 0.3) is 0 Å². The van der Waals surface area contributed by atoms with Gasteiger partial charge in [0.1, 0.15) is 11.4 Å². The molecule has 162 valence electrons. The van der Waals surface area contributed by atoms with Gasteiger partial charge in [-0.2, -0.15) is 4.99 Å². The van der Waals surface area contributed by atoms with Gasteiger partial charge in [0, 0.05) is 39.3 Å². The number of aliphatic imine (C=N–C) groups is 1. The lowest BCUT2D eigenvalue weighted by atomic mass is 9.83. The first kappa shape index (κ1) is 20.0. The average molecular weight is 409 g/mol. The summed E-state index contributed by atoms with van der Waals surface area (Å²) in [5.41, 5.74) is 2.73. The van der Waals surface area contributed by atoms with Crippen LogP contribution < -0.4 is 0 Å². The van der Waals surface area contributed by atoms with Gasteiger partial charge in [-0.25, -0.2) is 4.79 Å². The highest BCUT2D eigenvalue weighted by Gasteiger charge is 2.52. The van der Waals surface area contributed by atoms with Crippen molar-refractivity contribution in [3.8, 4) is 0 Å². The van der Waals surface area contributed by atoms with E-state index < -0.39 is 0 Å². The maximum Gasteiger partial charge on any atom is 0.346 e. The molecule has 5 heterocycles. The molecule has 0 aromatic heterocycles. The Bertz CT molecular complexity index is 805. The summed E-state index contributed by atoms with van der Waals surface area (Å²) in [4.78, 5) is 25.0. The summed E-state index contributed by atoms with van der Waals surface area (Å²) < 4.78 is 0. The first-order valence-corrected chi connectivity index (χ1v) is 12.1. The quantitative estimate of drug-likeness (QED) is 0.628. The van der Waals surface area contributed by atoms with Crippen LogP contribution in [0.2, 0.25) is 0 Å². The Hall–Kier alpha value is -1.88. The molecule has 1 aromatic carbocycles. The molecular weight excluding hydrogens is 372 g/mol. The second kappa shape index (κ2) is 8.33. The number of carbonyl (C=O) groups is 1. The average Bonchev–Trinajstić information content (AvgIpc) is 3.04. The molecule has 4 bridgehead atoms. The summed E-state index contributed by atoms with van der Waals surface area (Å²) in [6, 6.07) is 9.24. The highest BCUT2D eigenvalue weighted by Crippen LogP contribution is 2.38. The zero-order valence-electron chi connectivity index (χ0n) is 18.5. The zero-order valence-corrected chi connectivity index (χ0v) is 18.5. The van der Waals surface area contributed by atoms with E-state index in [0.29, 0.717) is 5.92 Å². The van der Waals surface area contributed by atoms with Gasteiger partial charge in [0.05, 0.1) is 0 Å². The fourth-order valence-electron chi connectivity index (χ4n) is 6.06. The third kappa shape index (κ3) is 3.66. The molecule has 0 N–H and O–H groups in total. The predicted octanol–water partition coefficient (Wildman–Crippen LogP) is 4.63. The van der Waals surface area contributed by atoms with Gasteiger partial charge in [-0.05, 0) is 62.0 Å². The number of hydrogen-bond donors (Lipinski definition) is 0. The van der Waals surface area contributed by atoms with Crippen molar-refractivity contribution in [2.24, 2.45) is 4.99 Å². The molecular formula is C25H36N4O. The smallest absolute Gasteiger partial charge is 0.346 e. The highest BCUT2D eigenvalue weighted by molar-refractivity contribution is 6.06. The van der Waals surface area contributed by atoms with E-state index in [0.717, 1.165) is 70.8 Å². The van der Waals surface area contributed by atoms with E-state index in [4.69, 9.17) is 4.99 Å². The van der Waals surface area contributed by atoms with E-state index in [1.807, 2.05) is 0 Å². The molecule has 5 aliphatic rings. The Kier molecular flexibility index (Phi) is 5.57. The highest BCUT2D eigenvalue weighted by atomic mass is 16.2. The molecule has 5 aliphatic heterocycles. The molecule has 5 nitrogen and oxygen atoms in total. The number of amides is 2. The monoisotopic (exact) mass is 408 g/mol. The molecule has 2 fully saturated rings. The molecule has 6 rings (SSSR count). The number of rotatable bonds is 0. The lowest BCUT2D eigenvalue weighted by Gasteiger charge is -2.48. The van der Waals surface area contributed by atoms with E-state index in [1.54, 1.807) is 0 Å². The Balaban J connectivity index is 1.43. The number of urea groups is 1. The van der Waals surface area contributed by atoms with Crippen molar-refractivity contribution >= 4 is 11.9 Å². The third-order valence-electron chi connectivity index (χ3n) is 7.90. The van der Waals surface area contributed by atoms with Crippen LogP contribution in [0.5, 0.6) is 0 Å². The van der Waals surface area contributed by atoms with Crippen molar-refractivity contribution in [3.05, 3.63) is 35.4 Å². The molecule has 1 spiro atoms. The number of carbonyl (C=O) groups excluding carboxylic acids is 1. The van der Waals surface area contributed by atoms with E-state index in [1.165, 1.54) is 36.8 Å². The van der Waals surface area contributed by atoms with Crippen molar-refractivity contribution in [2.75, 3.05) is 32.7 Å². The molecule has 0 radical (unpaired) electrons. The first-order chi connectivity index (χ1) is 14.7. The molecule has 1 atom stereocenters. The summed E-state index contributed by atoms with van der Waals surface area (Å²) in [6.07, 6.45) is 9.21. The van der Waals surface area contributed by atoms with Crippen molar-refractivity contribution < 1.29 is 4.79 Å². The van der Waals surface area contributed by atoms with Gasteiger partial charge in [-0.1, -0.05) is 37.6 Å². The summed E-state index contributed by atoms with van der Waals surface area (Å²) in [5, 5.41) is 0. The fourth-order valence-corrected chi connectivity index (χ4v) is 6.06. The van der Waals surface area contributed by atoms with Crippen molar-refractivity contribution in [3.63, 3.8) is 0 Å². The summed E-state index contributed by atoms with van der Waals surface area (Å²) in [6.45, 7) is 8.42. The van der Waals surface area contributed by atoms with Crippen LogP contribution in [0.4, 0.5) is 4.79 Å². The number of hydrogen-bond acceptors (Lipinski definition) is 3. The molecule has 1 aromatic rings. The number of fused-ring (bicyclic) bond motifs is 6. The summed E-state index contributed by atoms with van der Waals surface area (Å²) in [5.74, 6) is 1.68. The predicted molar refractivity (Wildman–Crippen MR) is 121 cm³/mol. The minimum Gasteiger partial charge on any atom is -0.358 e. The Labute approximate surface area is 181 Å². The normalized spacial score (nSPS) is 32.6. The second-order valence-electron chi connectivity index (χ2n) is 9.87. The van der Waals surface area contributed by atoms with Crippen LogP contribution in [0.1, 0.15) is 75.3 Å². The SMILES string of the molecule is CC1CCCCN2C(=O)N=C(N3CCCCC3)C23CCN(CC3)Cc2cccc1c2. The van der Waals surface area contributed by atoms with E-state index in [-0.39, 0.29) is 11.6 Å². The van der Waals surface area contributed by atoms with Crippen molar-refractivity contribution in [1.29, 1.82) is 0 Å². The Morgan fingerprint density at radius 1 is 0.967 bits per heavy atom. The van der Waals surface area contributed by atoms with Gasteiger partial charge in [0.15, 0.2) is 0 Å². The number of piperidine rings is 2. The van der Waals surface area contributed by atoms with Gasteiger partial charge in [-0.3, -0.25) is 4.90 Å². The van der Waals surface area contributed by atoms with E-state index >= 15 is 0 Å². The number of amidine groups is 1. The second-order valence-corrected chi connectivity index (χ2v) is 9.87. The van der Waals surface area contributed by atoms with E-state index in [9.17, 15) is 4.79 Å². The number of benzene rings is 1. The summed E-state index contributed by atoms with van der Waals surface area (Å²) >= 11 is 0. The van der Waals surface area contributed by atoms with Crippen LogP contribution in [0.15, 0.2) is 29.3 Å². The fraction of sp³-hybridized carbons (Fsp3) is 0.680. The van der Waals surface area contributed by atoms with Gasteiger partial charge >= 0.3 is 6.03 Å². The minimum atomic E-state index is -0.164. The first-order valence-electron chi connectivity index (χ1n) is 12.1. The largest absolute Gasteiger partial charge is 0.358 e. The lowest BCUT2D eigenvalue weighted by Crippen LogP contribution is -2.61. The van der Waals surface area contributed by atoms with Gasteiger partial charge < -0.3 is 9.80 Å². The Morgan fingerprint density at radius 3 is 2.53 bits per heavy atom. The van der Waals surface area contributed by atoms with Crippen LogP contribution in [0, 0.1) is 0 Å². The summed E-state index contributed by atoms with van der Waals surface area (Å²) in [7, 11) is 0. The lowest BCUT2D eigenvalue weighted by molar-refractivity contribution is 0.0883. The molecule has 5 heteroatoms. The molecule has 1 unspecified atom stereocenters. The van der Waals surface area contributed by atoms with Crippen LogP contribution in [-0.2, 0) is 6.54 Å². The standard InChI is InChI=1S/C25H36N4O/c1-20-8-3-6-15-29-24(30)26-23(28-13-4-2-5-14-28)25(29)11-16-27(17-12-25)19-21-9-7-10-22(20)18-21/h7,9-10,18,20H,2-6,8,11-17,19H2,1H3. The molecule has 2 amide bonds. The van der Waals surface area contributed by atoms with Crippen LogP contribution >= 0.6 is 0 Å². The topological polar surface area (TPSA) is 39.2 Å². The minimum absolute atomic E-state index is 0.0226. The maximum absolute atomic E-state index is 13.1. The molecule has 2 saturated heterocycles. The van der Waals surface area contributed by atoms with Crippen molar-refractivity contribution in [2.45, 2.75) is 76.3 Å². The van der Waals surface area contributed by atoms with E-state index in [2.05, 4.69) is 45.9 Å². The third-order valence-corrected chi connectivity index (χ3v) is 7.90. The molecule has 30 heavy (non-hydrogen) atoms.